The van der Waals surface area contributed by atoms with Crippen molar-refractivity contribution in [1.29, 1.82) is 0 Å². The van der Waals surface area contributed by atoms with Gasteiger partial charge in [-0.1, -0.05) is 53.2 Å². The van der Waals surface area contributed by atoms with Gasteiger partial charge >= 0.3 is 0 Å². The first-order chi connectivity index (χ1) is 10.0. The molecule has 21 heavy (non-hydrogen) atoms. The predicted molar refractivity (Wildman–Crippen MR) is 82.2 cm³/mol. The summed E-state index contributed by atoms with van der Waals surface area (Å²) >= 11 is 3.00. The lowest BCUT2D eigenvalue weighted by atomic mass is 9.95. The third-order valence-corrected chi connectivity index (χ3v) is 3.64. The lowest BCUT2D eigenvalue weighted by Gasteiger charge is -2.16. The highest BCUT2D eigenvalue weighted by atomic mass is 79.9. The summed E-state index contributed by atoms with van der Waals surface area (Å²) in [6, 6.07) is 11.4. The highest BCUT2D eigenvalue weighted by Gasteiger charge is 2.21. The van der Waals surface area contributed by atoms with Crippen LogP contribution in [0, 0.1) is 11.6 Å². The van der Waals surface area contributed by atoms with Crippen molar-refractivity contribution in [1.82, 2.24) is 0 Å². The number of rotatable bonds is 4. The third kappa shape index (κ3) is 3.67. The highest BCUT2D eigenvalue weighted by Crippen LogP contribution is 2.26. The van der Waals surface area contributed by atoms with Crippen molar-refractivity contribution in [2.75, 3.05) is 5.32 Å². The van der Waals surface area contributed by atoms with Crippen LogP contribution in [-0.2, 0) is 4.79 Å². The Morgan fingerprint density at radius 2 is 1.76 bits per heavy atom. The molecule has 5 heteroatoms. The Bertz CT molecular complexity index is 623. The van der Waals surface area contributed by atoms with Crippen LogP contribution in [0.25, 0.3) is 0 Å². The zero-order valence-electron chi connectivity index (χ0n) is 11.4. The number of nitrogens with one attached hydrogen (secondary N) is 1. The number of halogens is 3. The summed E-state index contributed by atoms with van der Waals surface area (Å²) in [7, 11) is 0. The molecule has 0 aromatic heterocycles. The van der Waals surface area contributed by atoms with Crippen LogP contribution in [0.3, 0.4) is 0 Å². The van der Waals surface area contributed by atoms with E-state index in [2.05, 4.69) is 21.2 Å². The molecule has 0 aliphatic heterocycles. The average Bonchev–Trinajstić information content (AvgIpc) is 2.45. The van der Waals surface area contributed by atoms with Crippen LogP contribution in [0.2, 0.25) is 0 Å². The second-order valence-electron chi connectivity index (χ2n) is 4.61. The smallest absolute Gasteiger partial charge is 0.232 e. The van der Waals surface area contributed by atoms with Gasteiger partial charge in [0.15, 0.2) is 11.6 Å². The van der Waals surface area contributed by atoms with E-state index < -0.39 is 29.1 Å². The van der Waals surface area contributed by atoms with E-state index in [9.17, 15) is 13.6 Å². The number of hydrogen-bond acceptors (Lipinski definition) is 1. The fourth-order valence-corrected chi connectivity index (χ4v) is 2.53. The van der Waals surface area contributed by atoms with Gasteiger partial charge in [-0.05, 0) is 24.1 Å². The van der Waals surface area contributed by atoms with Crippen molar-refractivity contribution in [2.45, 2.75) is 19.3 Å². The summed E-state index contributed by atoms with van der Waals surface area (Å²) in [6.07, 6.45) is 0.537. The van der Waals surface area contributed by atoms with Crippen LogP contribution in [0.1, 0.15) is 24.8 Å². The van der Waals surface area contributed by atoms with Gasteiger partial charge in [0.1, 0.15) is 5.69 Å². The van der Waals surface area contributed by atoms with Crippen LogP contribution < -0.4 is 5.32 Å². The van der Waals surface area contributed by atoms with E-state index in [4.69, 9.17) is 0 Å². The largest absolute Gasteiger partial charge is 0.321 e. The summed E-state index contributed by atoms with van der Waals surface area (Å²) in [5, 5.41) is 2.35. The molecule has 0 heterocycles. The van der Waals surface area contributed by atoms with Gasteiger partial charge in [0.2, 0.25) is 5.91 Å². The third-order valence-electron chi connectivity index (χ3n) is 3.18. The minimum atomic E-state index is -0.807. The Morgan fingerprint density at radius 3 is 2.29 bits per heavy atom. The first kappa shape index (κ1) is 15.6. The topological polar surface area (TPSA) is 29.1 Å². The minimum Gasteiger partial charge on any atom is -0.321 e. The van der Waals surface area contributed by atoms with Crippen molar-refractivity contribution in [3.63, 3.8) is 0 Å². The number of carbonyl (C=O) groups is 1. The molecule has 1 amide bonds. The Kier molecular flexibility index (Phi) is 5.07. The number of anilines is 1. The number of hydrogen-bond donors (Lipinski definition) is 1. The zero-order chi connectivity index (χ0) is 15.4. The summed E-state index contributed by atoms with van der Waals surface area (Å²) in [5.41, 5.74) is 0.396. The molecule has 0 aliphatic carbocycles. The molecule has 0 aliphatic rings. The first-order valence-corrected chi connectivity index (χ1v) is 7.32. The van der Waals surface area contributed by atoms with Crippen molar-refractivity contribution < 1.29 is 13.6 Å². The summed E-state index contributed by atoms with van der Waals surface area (Å²) in [6.45, 7) is 1.85. The van der Waals surface area contributed by atoms with E-state index in [-0.39, 0.29) is 4.47 Å². The molecular formula is C16H14BrF2NO. The zero-order valence-corrected chi connectivity index (χ0v) is 13.0. The monoisotopic (exact) mass is 353 g/mol. The first-order valence-electron chi connectivity index (χ1n) is 6.53. The molecule has 0 fully saturated rings. The Hall–Kier alpha value is -1.75. The molecule has 0 bridgehead atoms. The normalized spacial score (nSPS) is 12.0. The van der Waals surface area contributed by atoms with Gasteiger partial charge in [-0.3, -0.25) is 4.79 Å². The van der Waals surface area contributed by atoms with E-state index in [1.165, 1.54) is 0 Å². The lowest BCUT2D eigenvalue weighted by molar-refractivity contribution is -0.117. The fourth-order valence-electron chi connectivity index (χ4n) is 2.13. The van der Waals surface area contributed by atoms with Gasteiger partial charge < -0.3 is 5.32 Å². The molecule has 0 spiro atoms. The number of amides is 1. The van der Waals surface area contributed by atoms with Crippen LogP contribution >= 0.6 is 15.9 Å². The van der Waals surface area contributed by atoms with Gasteiger partial charge in [0.25, 0.3) is 0 Å². The molecule has 0 saturated heterocycles. The molecule has 2 nitrogen and oxygen atoms in total. The molecule has 0 saturated carbocycles. The molecule has 0 radical (unpaired) electrons. The summed E-state index contributed by atoms with van der Waals surface area (Å²) < 4.78 is 27.8. The molecule has 110 valence electrons. The van der Waals surface area contributed by atoms with Crippen molar-refractivity contribution >= 4 is 27.5 Å². The second kappa shape index (κ2) is 6.80. The Labute approximate surface area is 130 Å². The maximum atomic E-state index is 13.8. The van der Waals surface area contributed by atoms with Crippen molar-refractivity contribution in [3.05, 3.63) is 64.1 Å². The van der Waals surface area contributed by atoms with Crippen LogP contribution in [0.15, 0.2) is 46.9 Å². The van der Waals surface area contributed by atoms with Gasteiger partial charge in [-0.2, -0.15) is 0 Å². The van der Waals surface area contributed by atoms with Crippen LogP contribution in [0.5, 0.6) is 0 Å². The number of benzene rings is 2. The summed E-state index contributed by atoms with van der Waals surface area (Å²) in [5.74, 6) is -2.49. The Balaban J connectivity index is 2.25. The van der Waals surface area contributed by atoms with Crippen LogP contribution in [-0.4, -0.2) is 5.91 Å². The van der Waals surface area contributed by atoms with Gasteiger partial charge in [0, 0.05) is 4.47 Å². The SMILES string of the molecule is CCC(C(=O)Nc1c(F)cc(Br)cc1F)c1ccccc1. The fraction of sp³-hybridized carbons (Fsp3) is 0.188. The molecule has 2 rings (SSSR count). The van der Waals surface area contributed by atoms with Crippen molar-refractivity contribution in [2.24, 2.45) is 0 Å². The predicted octanol–water partition coefficient (Wildman–Crippen LogP) is 4.86. The molecule has 2 aromatic rings. The Morgan fingerprint density at radius 1 is 1.19 bits per heavy atom. The van der Waals surface area contributed by atoms with Crippen molar-refractivity contribution in [3.8, 4) is 0 Å². The molecule has 1 unspecified atom stereocenters. The summed E-state index contributed by atoms with van der Waals surface area (Å²) in [4.78, 5) is 12.3. The quantitative estimate of drug-likeness (QED) is 0.835. The van der Waals surface area contributed by atoms with Gasteiger partial charge in [-0.25, -0.2) is 8.78 Å². The molecule has 1 N–H and O–H groups in total. The molecule has 2 aromatic carbocycles. The molecular weight excluding hydrogens is 340 g/mol. The van der Waals surface area contributed by atoms with Crippen LogP contribution in [0.4, 0.5) is 14.5 Å². The standard InChI is InChI=1S/C16H14BrF2NO/c1-2-12(10-6-4-3-5-7-10)16(21)20-15-13(18)8-11(17)9-14(15)19/h3-9,12H,2H2,1H3,(H,20,21). The van der Waals surface area contributed by atoms with E-state index >= 15 is 0 Å². The highest BCUT2D eigenvalue weighted by molar-refractivity contribution is 9.10. The van der Waals surface area contributed by atoms with Gasteiger partial charge in [-0.15, -0.1) is 0 Å². The minimum absolute atomic E-state index is 0.283. The molecule has 1 atom stereocenters. The van der Waals surface area contributed by atoms with E-state index in [0.717, 1.165) is 17.7 Å². The maximum absolute atomic E-state index is 13.8. The average molecular weight is 354 g/mol. The second-order valence-corrected chi connectivity index (χ2v) is 5.52. The maximum Gasteiger partial charge on any atom is 0.232 e. The van der Waals surface area contributed by atoms with E-state index in [0.29, 0.717) is 6.42 Å². The van der Waals surface area contributed by atoms with E-state index in [1.807, 2.05) is 37.3 Å². The number of carbonyl (C=O) groups excluding carboxylic acids is 1. The lowest BCUT2D eigenvalue weighted by Crippen LogP contribution is -2.22. The van der Waals surface area contributed by atoms with E-state index in [1.54, 1.807) is 0 Å². The van der Waals surface area contributed by atoms with Gasteiger partial charge in [0.05, 0.1) is 5.92 Å².